The molecule has 2 rings (SSSR count). The minimum Gasteiger partial charge on any atom is -0.325 e. The molecule has 2 nitrogen and oxygen atoms in total. The highest BCUT2D eigenvalue weighted by Gasteiger charge is 2.16. The van der Waals surface area contributed by atoms with E-state index in [-0.39, 0.29) is 0 Å². The Morgan fingerprint density at radius 3 is 3.07 bits per heavy atom. The van der Waals surface area contributed by atoms with Gasteiger partial charge >= 0.3 is 0 Å². The first-order valence-corrected chi connectivity index (χ1v) is 5.87. The third-order valence-electron chi connectivity index (χ3n) is 3.03. The fraction of sp³-hybridized carbons (Fsp3) is 0.750. The lowest BCUT2D eigenvalue weighted by Crippen LogP contribution is -2.01. The first kappa shape index (κ1) is 9.75. The number of aryl methyl sites for hydroxylation is 2. The molecule has 0 fully saturated rings. The van der Waals surface area contributed by atoms with E-state index in [0.717, 1.165) is 6.54 Å². The summed E-state index contributed by atoms with van der Waals surface area (Å²) >= 11 is 0. The second-order valence-corrected chi connectivity index (χ2v) is 4.17. The van der Waals surface area contributed by atoms with Crippen molar-refractivity contribution in [3.05, 3.63) is 17.7 Å². The van der Waals surface area contributed by atoms with Gasteiger partial charge in [-0.1, -0.05) is 26.2 Å². The van der Waals surface area contributed by atoms with Gasteiger partial charge in [-0.15, -0.1) is 0 Å². The minimum absolute atomic E-state index is 1.13. The van der Waals surface area contributed by atoms with Crippen molar-refractivity contribution in [1.82, 2.24) is 9.55 Å². The first-order chi connectivity index (χ1) is 6.92. The predicted molar refractivity (Wildman–Crippen MR) is 57.2 cm³/mol. The van der Waals surface area contributed by atoms with Crippen molar-refractivity contribution < 1.29 is 0 Å². The molecule has 0 aromatic carbocycles. The van der Waals surface area contributed by atoms with Crippen LogP contribution >= 0.6 is 0 Å². The number of aromatic nitrogens is 2. The van der Waals surface area contributed by atoms with Crippen LogP contribution in [0.3, 0.4) is 0 Å². The van der Waals surface area contributed by atoms with Crippen molar-refractivity contribution >= 4 is 0 Å². The van der Waals surface area contributed by atoms with Crippen molar-refractivity contribution in [2.24, 2.45) is 0 Å². The van der Waals surface area contributed by atoms with E-state index in [1.165, 1.54) is 56.3 Å². The van der Waals surface area contributed by atoms with Crippen LogP contribution in [-0.4, -0.2) is 9.55 Å². The minimum atomic E-state index is 1.13. The number of rotatable bonds is 5. The summed E-state index contributed by atoms with van der Waals surface area (Å²) in [5, 5.41) is 0. The molecule has 1 heterocycles. The molecule has 0 spiro atoms. The molecule has 0 atom stereocenters. The Balaban J connectivity index is 1.84. The van der Waals surface area contributed by atoms with Crippen LogP contribution in [0.2, 0.25) is 0 Å². The normalized spacial score (nSPS) is 14.6. The van der Waals surface area contributed by atoms with Crippen LogP contribution < -0.4 is 0 Å². The quantitative estimate of drug-likeness (QED) is 0.654. The lowest BCUT2D eigenvalue weighted by atomic mass is 10.2. The van der Waals surface area contributed by atoms with Crippen molar-refractivity contribution in [2.75, 3.05) is 0 Å². The lowest BCUT2D eigenvalue weighted by Gasteiger charge is -2.04. The Bertz CT molecular complexity index is 289. The van der Waals surface area contributed by atoms with Crippen LogP contribution in [0.4, 0.5) is 0 Å². The Labute approximate surface area is 86.3 Å². The van der Waals surface area contributed by atoms with E-state index in [1.54, 1.807) is 0 Å². The molecule has 0 saturated heterocycles. The van der Waals surface area contributed by atoms with E-state index >= 15 is 0 Å². The summed E-state index contributed by atoms with van der Waals surface area (Å²) in [6, 6.07) is 0. The highest BCUT2D eigenvalue weighted by molar-refractivity contribution is 5.18. The molecular weight excluding hydrogens is 172 g/mol. The number of imidazole rings is 1. The van der Waals surface area contributed by atoms with E-state index in [0.29, 0.717) is 0 Å². The predicted octanol–water partition coefficient (Wildman–Crippen LogP) is 2.75. The van der Waals surface area contributed by atoms with Crippen molar-refractivity contribution in [1.29, 1.82) is 0 Å². The van der Waals surface area contributed by atoms with Gasteiger partial charge in [-0.05, 0) is 25.7 Å². The standard InChI is InChI=1S/C12H19N2/c1-2-3-4-5-9-14-10-13-11-7-6-8-12(11)14/h2-9H2,1H3. The van der Waals surface area contributed by atoms with Crippen molar-refractivity contribution in [2.45, 2.75) is 58.4 Å². The second-order valence-electron chi connectivity index (χ2n) is 4.17. The highest BCUT2D eigenvalue weighted by Crippen LogP contribution is 2.20. The third-order valence-corrected chi connectivity index (χ3v) is 3.03. The summed E-state index contributed by atoms with van der Waals surface area (Å²) in [7, 11) is 0. The Morgan fingerprint density at radius 2 is 2.21 bits per heavy atom. The monoisotopic (exact) mass is 191 g/mol. The molecule has 1 aliphatic carbocycles. The van der Waals surface area contributed by atoms with Crippen molar-refractivity contribution in [3.8, 4) is 0 Å². The number of nitrogens with zero attached hydrogens (tertiary/aromatic N) is 2. The van der Waals surface area contributed by atoms with Crippen LogP contribution in [0.25, 0.3) is 0 Å². The van der Waals surface area contributed by atoms with Gasteiger partial charge in [0, 0.05) is 12.2 Å². The highest BCUT2D eigenvalue weighted by atomic mass is 15.1. The third kappa shape index (κ3) is 1.99. The summed E-state index contributed by atoms with van der Waals surface area (Å²) in [5.74, 6) is 0. The zero-order chi connectivity index (χ0) is 9.80. The molecule has 0 N–H and O–H groups in total. The summed E-state index contributed by atoms with van der Waals surface area (Å²) in [6.45, 7) is 3.38. The van der Waals surface area contributed by atoms with Gasteiger partial charge in [-0.3, -0.25) is 0 Å². The smallest absolute Gasteiger partial charge is 0.176 e. The largest absolute Gasteiger partial charge is 0.325 e. The fourth-order valence-corrected chi connectivity index (χ4v) is 2.19. The van der Waals surface area contributed by atoms with Gasteiger partial charge in [0.25, 0.3) is 0 Å². The fourth-order valence-electron chi connectivity index (χ4n) is 2.19. The number of fused-ring (bicyclic) bond motifs is 1. The molecule has 0 unspecified atom stereocenters. The molecule has 0 amide bonds. The maximum absolute atomic E-state index is 4.33. The number of unbranched alkanes of at least 4 members (excludes halogenated alkanes) is 3. The molecule has 2 heteroatoms. The van der Waals surface area contributed by atoms with Gasteiger partial charge in [-0.25, -0.2) is 4.98 Å². The van der Waals surface area contributed by atoms with Crippen molar-refractivity contribution in [3.63, 3.8) is 0 Å². The average Bonchev–Trinajstić information content (AvgIpc) is 2.75. The van der Waals surface area contributed by atoms with Gasteiger partial charge in [0.2, 0.25) is 0 Å². The topological polar surface area (TPSA) is 17.8 Å². The zero-order valence-electron chi connectivity index (χ0n) is 9.05. The molecule has 77 valence electrons. The molecule has 1 radical (unpaired) electrons. The van der Waals surface area contributed by atoms with Gasteiger partial charge in [0.1, 0.15) is 0 Å². The van der Waals surface area contributed by atoms with Crippen LogP contribution in [0.5, 0.6) is 0 Å². The number of hydrogen-bond donors (Lipinski definition) is 0. The van der Waals surface area contributed by atoms with E-state index < -0.39 is 0 Å². The lowest BCUT2D eigenvalue weighted by molar-refractivity contribution is 0.566. The molecule has 14 heavy (non-hydrogen) atoms. The molecule has 1 aliphatic rings. The zero-order valence-corrected chi connectivity index (χ0v) is 9.05. The summed E-state index contributed by atoms with van der Waals surface area (Å²) in [6.07, 6.45) is 12.1. The van der Waals surface area contributed by atoms with Gasteiger partial charge in [0.15, 0.2) is 6.33 Å². The molecule has 1 aromatic rings. The molecule has 1 aromatic heterocycles. The summed E-state index contributed by atoms with van der Waals surface area (Å²) in [5.41, 5.74) is 2.77. The SMILES string of the molecule is CCCCCCn1[c]nc2c1CCC2. The Hall–Kier alpha value is -0.790. The van der Waals surface area contributed by atoms with Gasteiger partial charge < -0.3 is 4.57 Å². The van der Waals surface area contributed by atoms with Gasteiger partial charge in [-0.2, -0.15) is 0 Å². The molecule has 0 saturated carbocycles. The van der Waals surface area contributed by atoms with Crippen LogP contribution in [0, 0.1) is 6.33 Å². The summed E-state index contributed by atoms with van der Waals surface area (Å²) < 4.78 is 2.25. The van der Waals surface area contributed by atoms with Crippen LogP contribution in [0.1, 0.15) is 50.4 Å². The summed E-state index contributed by atoms with van der Waals surface area (Å²) in [4.78, 5) is 4.33. The van der Waals surface area contributed by atoms with Crippen LogP contribution in [0.15, 0.2) is 0 Å². The Morgan fingerprint density at radius 1 is 1.29 bits per heavy atom. The maximum Gasteiger partial charge on any atom is 0.176 e. The van der Waals surface area contributed by atoms with E-state index in [4.69, 9.17) is 0 Å². The first-order valence-electron chi connectivity index (χ1n) is 5.87. The van der Waals surface area contributed by atoms with Crippen LogP contribution in [-0.2, 0) is 19.4 Å². The van der Waals surface area contributed by atoms with Gasteiger partial charge in [0.05, 0.1) is 5.69 Å². The maximum atomic E-state index is 4.33. The second kappa shape index (κ2) is 4.63. The van der Waals surface area contributed by atoms with E-state index in [1.807, 2.05) is 0 Å². The van der Waals surface area contributed by atoms with E-state index in [9.17, 15) is 0 Å². The Kier molecular flexibility index (Phi) is 3.22. The molecular formula is C12H19N2. The van der Waals surface area contributed by atoms with E-state index in [2.05, 4.69) is 22.8 Å². The average molecular weight is 191 g/mol. The number of hydrogen-bond acceptors (Lipinski definition) is 1. The molecule has 0 aliphatic heterocycles. The molecule has 0 bridgehead atoms.